The van der Waals surface area contributed by atoms with Crippen LogP contribution in [0, 0.1) is 17.8 Å². The molecule has 0 unspecified atom stereocenters. The van der Waals surface area contributed by atoms with Crippen molar-refractivity contribution in [3.63, 3.8) is 0 Å². The number of amides is 8. The largest absolute Gasteiger partial charge is 0.487 e. The number of benzene rings is 4. The standard InChI is InChI=1S/C75H91N17O14/c1-9-42(6)66(93)83-64(40(2)3)72(99)89-36-50-30-62(89)70(97)79-58(28-46-32-77-56-16-12-10-14-54(46)56)68(95)81-60(74(101)102)26-44-20-24-53(25-21-44)106-39-49-35-92(88-86-49)51-31-63(90(37-51)73(100)65(41(4)5)84-67(94)43(7)76-8)71(98)80-59(29-47-33-78-57-17-13-11-15-55(47)57)69(96)82-61(75(103)104)27-45-18-22-52(23-19-45)105-38-48-34-91(50)87-85-48/h10-25,32-35,40-43,50-51,58-65,76-78H,9,26-31,36-39H2,1-8H3,(H,79,97)(H,80,98)(H,81,95)(H,82,96)(H,83,93)(H,84,94)(H,101,102)(H,103,104)/t42-,43+,50+,51+,58+,59+,60+,61+,62+,63+,64+,65+/m1/s1. The first-order valence-electron chi connectivity index (χ1n) is 35.7. The molecule has 2 fully saturated rings. The van der Waals surface area contributed by atoms with Gasteiger partial charge in [-0.25, -0.2) is 19.0 Å². The summed E-state index contributed by atoms with van der Waals surface area (Å²) in [6.07, 6.45) is 6.47. The van der Waals surface area contributed by atoms with E-state index >= 15 is 9.59 Å². The highest BCUT2D eigenvalue weighted by Gasteiger charge is 2.47. The van der Waals surface area contributed by atoms with E-state index in [0.29, 0.717) is 51.6 Å². The Hall–Kier alpha value is -11.5. The van der Waals surface area contributed by atoms with Crippen LogP contribution in [0.2, 0.25) is 0 Å². The van der Waals surface area contributed by atoms with E-state index in [9.17, 15) is 48.6 Å². The highest BCUT2D eigenvalue weighted by molar-refractivity contribution is 5.98. The van der Waals surface area contributed by atoms with E-state index < -0.39 is 138 Å². The number of carbonyl (C=O) groups excluding carboxylic acids is 8. The van der Waals surface area contributed by atoms with E-state index in [4.69, 9.17) is 9.47 Å². The molecule has 11 N–H and O–H groups in total. The third kappa shape index (κ3) is 17.8. The summed E-state index contributed by atoms with van der Waals surface area (Å²) in [6.45, 7) is 11.9. The number of likely N-dealkylation sites (N-methyl/N-ethyl adjacent to an activating group) is 1. The van der Waals surface area contributed by atoms with E-state index in [1.54, 1.807) is 122 Å². The number of fused-ring (bicyclic) bond motifs is 2. The minimum Gasteiger partial charge on any atom is -0.487 e. The molecule has 8 aromatic rings. The van der Waals surface area contributed by atoms with Gasteiger partial charge in [0.25, 0.3) is 0 Å². The minimum absolute atomic E-state index is 0.0238. The predicted octanol–water partition coefficient (Wildman–Crippen LogP) is 3.60. The van der Waals surface area contributed by atoms with E-state index in [0.717, 1.165) is 21.8 Å². The summed E-state index contributed by atoms with van der Waals surface area (Å²) >= 11 is 0. The maximum absolute atomic E-state index is 15.2. The first kappa shape index (κ1) is 75.7. The normalized spacial score (nSPS) is 21.9. The van der Waals surface area contributed by atoms with Gasteiger partial charge in [-0.1, -0.05) is 113 Å². The van der Waals surface area contributed by atoms with E-state index in [1.807, 2.05) is 55.5 Å². The van der Waals surface area contributed by atoms with Crippen molar-refractivity contribution in [1.82, 2.24) is 87.0 Å². The number of aromatic nitrogens is 8. The molecule has 8 amide bonds. The van der Waals surface area contributed by atoms with Gasteiger partial charge in [0.15, 0.2) is 0 Å². The van der Waals surface area contributed by atoms with Crippen molar-refractivity contribution in [2.24, 2.45) is 17.8 Å². The van der Waals surface area contributed by atoms with Crippen molar-refractivity contribution in [3.05, 3.63) is 155 Å². The van der Waals surface area contributed by atoms with Crippen LogP contribution in [0.5, 0.6) is 11.5 Å². The SMILES string of the molecule is CC[C@@H](C)C(=O)N[C@H](C(=O)N1C[C@@H]2C[C@H]1C(=O)N[C@@H](Cc1c[nH]c3ccccc13)C(=O)N[C@H](C(=O)O)Cc1ccc(cc1)OCc1cn(nn1)[C@H]1C[C@@H](C(=O)N[C@@H](Cc3c[nH]c4ccccc34)C(=O)N[C@H](C(=O)O)Cc3ccc(cc3)OCc3cn2nn3)N(C(=O)[C@@H](NC(=O)[C@H](C)NC)C(C)C)C1)C(C)C. The minimum atomic E-state index is -1.51. The summed E-state index contributed by atoms with van der Waals surface area (Å²) < 4.78 is 15.3. The molecule has 10 heterocycles. The number of H-pyrrole nitrogens is 2. The Morgan fingerprint density at radius 3 is 1.34 bits per heavy atom. The number of rotatable bonds is 16. The molecule has 4 aromatic carbocycles. The number of aromatic amines is 2. The molecule has 0 spiro atoms. The monoisotopic (exact) mass is 1450 g/mol. The van der Waals surface area contributed by atoms with Crippen LogP contribution in [0.25, 0.3) is 21.8 Å². The van der Waals surface area contributed by atoms with Crippen LogP contribution in [-0.2, 0) is 86.8 Å². The lowest BCUT2D eigenvalue weighted by molar-refractivity contribution is -0.144. The number of likely N-dealkylation sites (tertiary alicyclic amines) is 2. The van der Waals surface area contributed by atoms with Gasteiger partial charge in [0.05, 0.1) is 30.5 Å². The summed E-state index contributed by atoms with van der Waals surface area (Å²) in [6, 6.07) is 15.2. The fourth-order valence-corrected chi connectivity index (χ4v) is 13.6. The topological polar surface area (TPSA) is 413 Å². The Morgan fingerprint density at radius 2 is 0.953 bits per heavy atom. The van der Waals surface area contributed by atoms with Gasteiger partial charge in [-0.2, -0.15) is 0 Å². The molecular formula is C75H91N17O14. The maximum Gasteiger partial charge on any atom is 0.326 e. The lowest BCUT2D eigenvalue weighted by Gasteiger charge is -2.31. The Kier molecular flexibility index (Phi) is 23.9. The molecule has 6 aliphatic rings. The molecule has 0 saturated carbocycles. The summed E-state index contributed by atoms with van der Waals surface area (Å²) in [4.78, 5) is 152. The van der Waals surface area contributed by atoms with Crippen LogP contribution >= 0.6 is 0 Å². The van der Waals surface area contributed by atoms with Gasteiger partial charge in [-0.3, -0.25) is 38.4 Å². The average Bonchev–Trinajstić information content (AvgIpc) is 1.64. The van der Waals surface area contributed by atoms with Crippen molar-refractivity contribution in [1.29, 1.82) is 0 Å². The van der Waals surface area contributed by atoms with Gasteiger partial charge >= 0.3 is 11.9 Å². The van der Waals surface area contributed by atoms with Crippen molar-refractivity contribution >= 4 is 81.0 Å². The highest BCUT2D eigenvalue weighted by atomic mass is 16.5. The summed E-state index contributed by atoms with van der Waals surface area (Å²) in [5.41, 5.74) is 4.46. The molecule has 14 rings (SSSR count). The average molecular weight is 1450 g/mol. The third-order valence-corrected chi connectivity index (χ3v) is 20.1. The smallest absolute Gasteiger partial charge is 0.326 e. The molecule has 31 heteroatoms. The molecule has 0 aliphatic carbocycles. The molecule has 12 atom stereocenters. The number of hydrogen-bond acceptors (Lipinski definition) is 17. The van der Waals surface area contributed by atoms with Gasteiger partial charge in [0.1, 0.15) is 84.4 Å². The van der Waals surface area contributed by atoms with Gasteiger partial charge in [0, 0.05) is 91.7 Å². The molecule has 106 heavy (non-hydrogen) atoms. The maximum atomic E-state index is 15.2. The summed E-state index contributed by atoms with van der Waals surface area (Å²) in [5.74, 6) is -8.35. The molecule has 4 aromatic heterocycles. The number of nitrogens with zero attached hydrogens (tertiary/aromatic N) is 8. The van der Waals surface area contributed by atoms with Crippen LogP contribution in [0.4, 0.5) is 0 Å². The first-order valence-corrected chi connectivity index (χ1v) is 35.7. The van der Waals surface area contributed by atoms with E-state index in [1.165, 1.54) is 19.2 Å². The Balaban J connectivity index is 0.911. The second-order valence-corrected chi connectivity index (χ2v) is 28.3. The third-order valence-electron chi connectivity index (χ3n) is 20.1. The second kappa shape index (κ2) is 33.5. The zero-order valence-electron chi connectivity index (χ0n) is 60.3. The lowest BCUT2D eigenvalue weighted by Crippen LogP contribution is -2.59. The van der Waals surface area contributed by atoms with Crippen LogP contribution in [0.1, 0.15) is 113 Å². The molecule has 6 aliphatic heterocycles. The zero-order chi connectivity index (χ0) is 75.6. The van der Waals surface area contributed by atoms with Gasteiger partial charge in [0.2, 0.25) is 47.3 Å². The summed E-state index contributed by atoms with van der Waals surface area (Å²) in [5, 5.41) is 60.3. The number of hydrogen-bond donors (Lipinski definition) is 11. The van der Waals surface area contributed by atoms with Crippen molar-refractivity contribution in [3.8, 4) is 11.5 Å². The molecule has 560 valence electrons. The predicted molar refractivity (Wildman–Crippen MR) is 386 cm³/mol. The van der Waals surface area contributed by atoms with Crippen molar-refractivity contribution in [2.75, 3.05) is 20.1 Å². The van der Waals surface area contributed by atoms with E-state index in [2.05, 4.69) is 67.8 Å². The van der Waals surface area contributed by atoms with Crippen molar-refractivity contribution < 1.29 is 67.6 Å². The van der Waals surface area contributed by atoms with Crippen LogP contribution in [-0.4, -0.2) is 194 Å². The van der Waals surface area contributed by atoms with Crippen LogP contribution in [0.15, 0.2) is 122 Å². The fraction of sp³-hybridized carbons (Fsp3) is 0.440. The number of aliphatic carboxylic acids is 2. The van der Waals surface area contributed by atoms with Crippen molar-refractivity contribution in [2.45, 2.75) is 173 Å². The Labute approximate surface area is 611 Å². The number of carboxylic acid groups (broad SMARTS) is 2. The number of nitrogens with one attached hydrogen (secondary N) is 9. The molecule has 0 radical (unpaired) electrons. The molecule has 12 bridgehead atoms. The molecular weight excluding hydrogens is 1360 g/mol. The lowest BCUT2D eigenvalue weighted by atomic mass is 10.00. The molecule has 2 saturated heterocycles. The Bertz CT molecular complexity index is 4230. The molecule has 31 nitrogen and oxygen atoms in total. The van der Waals surface area contributed by atoms with Crippen LogP contribution < -0.4 is 46.7 Å². The zero-order valence-corrected chi connectivity index (χ0v) is 60.3. The number of carboxylic acids is 2. The van der Waals surface area contributed by atoms with Crippen LogP contribution in [0.3, 0.4) is 0 Å². The first-order chi connectivity index (χ1) is 50.8. The summed E-state index contributed by atoms with van der Waals surface area (Å²) in [7, 11) is 1.61. The van der Waals surface area contributed by atoms with Gasteiger partial charge in [-0.05, 0) is 90.9 Å². The number of ether oxygens (including phenoxy) is 2. The quantitative estimate of drug-likeness (QED) is 0.0658. The number of para-hydroxylation sites is 2. The number of carbonyl (C=O) groups is 10. The fourth-order valence-electron chi connectivity index (χ4n) is 13.6. The van der Waals surface area contributed by atoms with Gasteiger partial charge in [-0.15, -0.1) is 10.2 Å². The van der Waals surface area contributed by atoms with Gasteiger partial charge < -0.3 is 76.7 Å². The Morgan fingerprint density at radius 1 is 0.547 bits per heavy atom. The van der Waals surface area contributed by atoms with E-state index in [-0.39, 0.29) is 70.7 Å². The highest BCUT2D eigenvalue weighted by Crippen LogP contribution is 2.33. The second-order valence-electron chi connectivity index (χ2n) is 28.3.